The first-order chi connectivity index (χ1) is 17.7. The van der Waals surface area contributed by atoms with Crippen molar-refractivity contribution in [2.75, 3.05) is 32.5 Å². The fourth-order valence-electron chi connectivity index (χ4n) is 6.14. The second-order valence-electron chi connectivity index (χ2n) is 10.7. The van der Waals surface area contributed by atoms with E-state index in [2.05, 4.69) is 21.4 Å². The summed E-state index contributed by atoms with van der Waals surface area (Å²) in [5, 5.41) is 0. The first kappa shape index (κ1) is 26.3. The molecule has 37 heavy (non-hydrogen) atoms. The minimum atomic E-state index is -3.27. The van der Waals surface area contributed by atoms with E-state index in [1.54, 1.807) is 12.1 Å². The number of halogens is 2. The Morgan fingerprint density at radius 3 is 2.49 bits per heavy atom. The van der Waals surface area contributed by atoms with Crippen molar-refractivity contribution in [3.63, 3.8) is 0 Å². The van der Waals surface area contributed by atoms with Crippen LogP contribution < -0.4 is 0 Å². The van der Waals surface area contributed by atoms with E-state index in [0.29, 0.717) is 24.1 Å². The Hall–Kier alpha value is -2.36. The van der Waals surface area contributed by atoms with Crippen molar-refractivity contribution in [3.8, 4) is 0 Å². The average molecular weight is 532 g/mol. The Morgan fingerprint density at radius 2 is 1.81 bits per heavy atom. The van der Waals surface area contributed by atoms with Crippen LogP contribution in [0.4, 0.5) is 8.78 Å². The molecule has 6 nitrogen and oxygen atoms in total. The lowest BCUT2D eigenvalue weighted by molar-refractivity contribution is -0.00535. The Balaban J connectivity index is 1.24. The minimum Gasteiger partial charge on any atom is -0.378 e. The number of rotatable bonds is 7. The Labute approximate surface area is 217 Å². The van der Waals surface area contributed by atoms with Crippen molar-refractivity contribution >= 4 is 20.9 Å². The van der Waals surface area contributed by atoms with E-state index in [-0.39, 0.29) is 16.9 Å². The van der Waals surface area contributed by atoms with Gasteiger partial charge < -0.3 is 14.2 Å². The highest BCUT2D eigenvalue weighted by molar-refractivity contribution is 7.90. The van der Waals surface area contributed by atoms with Crippen LogP contribution in [0.5, 0.6) is 0 Å². The van der Waals surface area contributed by atoms with Crippen LogP contribution in [0.3, 0.4) is 0 Å². The molecule has 2 saturated heterocycles. The summed E-state index contributed by atoms with van der Waals surface area (Å²) < 4.78 is 59.9. The van der Waals surface area contributed by atoms with Gasteiger partial charge in [-0.15, -0.1) is 0 Å². The molecule has 2 fully saturated rings. The van der Waals surface area contributed by atoms with Crippen LogP contribution in [0.15, 0.2) is 47.6 Å². The van der Waals surface area contributed by atoms with Crippen molar-refractivity contribution < 1.29 is 21.9 Å². The molecule has 5 rings (SSSR count). The number of hydrogen-bond acceptors (Lipinski definition) is 5. The van der Waals surface area contributed by atoms with Gasteiger partial charge in [0, 0.05) is 38.1 Å². The normalized spacial score (nSPS) is 22.9. The summed E-state index contributed by atoms with van der Waals surface area (Å²) in [4.78, 5) is 7.20. The maximum absolute atomic E-state index is 14.1. The average Bonchev–Trinajstić information content (AvgIpc) is 3.27. The maximum Gasteiger partial charge on any atom is 0.175 e. The van der Waals surface area contributed by atoms with E-state index in [9.17, 15) is 17.2 Å². The van der Waals surface area contributed by atoms with Gasteiger partial charge in [-0.2, -0.15) is 0 Å². The van der Waals surface area contributed by atoms with Gasteiger partial charge in [0.2, 0.25) is 0 Å². The second-order valence-corrected chi connectivity index (χ2v) is 12.7. The largest absolute Gasteiger partial charge is 0.378 e. The summed E-state index contributed by atoms with van der Waals surface area (Å²) in [7, 11) is -3.27. The molecule has 0 spiro atoms. The molecule has 200 valence electrons. The molecule has 3 aromatic rings. The summed E-state index contributed by atoms with van der Waals surface area (Å²) in [5.41, 5.74) is 2.40. The van der Waals surface area contributed by atoms with Crippen molar-refractivity contribution in [1.82, 2.24) is 14.5 Å². The number of piperidine rings is 1. The predicted molar refractivity (Wildman–Crippen MR) is 139 cm³/mol. The highest BCUT2D eigenvalue weighted by Gasteiger charge is 2.30. The van der Waals surface area contributed by atoms with Crippen LogP contribution in [0, 0.1) is 17.6 Å². The first-order valence-corrected chi connectivity index (χ1v) is 15.0. The molecule has 2 aromatic carbocycles. The molecule has 9 heteroatoms. The molecule has 1 aromatic heterocycles. The molecule has 2 aliphatic heterocycles. The van der Waals surface area contributed by atoms with E-state index in [1.165, 1.54) is 18.4 Å². The van der Waals surface area contributed by atoms with Gasteiger partial charge in [0.05, 0.1) is 28.4 Å². The molecule has 0 aliphatic carbocycles. The van der Waals surface area contributed by atoms with Crippen molar-refractivity contribution in [3.05, 3.63) is 59.9 Å². The number of ether oxygens (including phenoxy) is 1. The summed E-state index contributed by atoms with van der Waals surface area (Å²) in [6.07, 6.45) is 7.78. The van der Waals surface area contributed by atoms with E-state index in [1.807, 2.05) is 12.4 Å². The molecule has 1 unspecified atom stereocenters. The molecule has 0 radical (unpaired) electrons. The fourth-order valence-corrected chi connectivity index (χ4v) is 6.78. The Morgan fingerprint density at radius 1 is 1.08 bits per heavy atom. The number of aromatic nitrogens is 2. The highest BCUT2D eigenvalue weighted by Crippen LogP contribution is 2.38. The lowest BCUT2D eigenvalue weighted by Crippen LogP contribution is -2.36. The highest BCUT2D eigenvalue weighted by atomic mass is 32.2. The van der Waals surface area contributed by atoms with Crippen LogP contribution in [0.2, 0.25) is 0 Å². The number of fused-ring (bicyclic) bond motifs is 1. The van der Waals surface area contributed by atoms with Crippen LogP contribution in [-0.4, -0.2) is 61.5 Å². The lowest BCUT2D eigenvalue weighted by Gasteiger charge is -2.37. The maximum atomic E-state index is 14.1. The third kappa shape index (κ3) is 6.04. The van der Waals surface area contributed by atoms with E-state index in [4.69, 9.17) is 4.74 Å². The Kier molecular flexibility index (Phi) is 7.65. The SMILES string of the molecule is C[C@H]1CC([C@@H](CCN2CCC(n3cnc4cc(S(C)(=O)=O)ccc43)CC2)c2cc(F)cc(F)c2)CCO1. The number of likely N-dealkylation sites (tertiary alicyclic amines) is 1. The summed E-state index contributed by atoms with van der Waals surface area (Å²) in [6, 6.07) is 9.39. The van der Waals surface area contributed by atoms with Gasteiger partial charge in [-0.05, 0) is 93.3 Å². The molecular formula is C28H35F2N3O3S. The van der Waals surface area contributed by atoms with Crippen molar-refractivity contribution in [2.45, 2.75) is 62.0 Å². The fraction of sp³-hybridized carbons (Fsp3) is 0.536. The lowest BCUT2D eigenvalue weighted by atomic mass is 9.77. The third-order valence-corrected chi connectivity index (χ3v) is 9.20. The second kappa shape index (κ2) is 10.8. The van der Waals surface area contributed by atoms with Crippen LogP contribution in [0.1, 0.15) is 56.6 Å². The third-order valence-electron chi connectivity index (χ3n) is 8.09. The zero-order valence-electron chi connectivity index (χ0n) is 21.4. The summed E-state index contributed by atoms with van der Waals surface area (Å²) in [5.74, 6) is -0.596. The monoisotopic (exact) mass is 531 g/mol. The minimum absolute atomic E-state index is 0.0934. The molecular weight excluding hydrogens is 496 g/mol. The zero-order chi connectivity index (χ0) is 26.2. The molecule has 2 aliphatic rings. The van der Waals surface area contributed by atoms with Crippen molar-refractivity contribution in [1.29, 1.82) is 0 Å². The van der Waals surface area contributed by atoms with Gasteiger partial charge in [-0.25, -0.2) is 22.2 Å². The van der Waals surface area contributed by atoms with Crippen LogP contribution in [-0.2, 0) is 14.6 Å². The molecule has 0 saturated carbocycles. The predicted octanol–water partition coefficient (Wildman–Crippen LogP) is 5.34. The number of sulfone groups is 1. The topological polar surface area (TPSA) is 64.4 Å². The van der Waals surface area contributed by atoms with E-state index < -0.39 is 21.5 Å². The number of benzene rings is 2. The van der Waals surface area contributed by atoms with Gasteiger partial charge in [0.15, 0.2) is 9.84 Å². The molecule has 0 N–H and O–H groups in total. The van der Waals surface area contributed by atoms with Crippen LogP contribution in [0.25, 0.3) is 11.0 Å². The van der Waals surface area contributed by atoms with E-state index in [0.717, 1.165) is 68.9 Å². The van der Waals surface area contributed by atoms with Gasteiger partial charge in [0.25, 0.3) is 0 Å². The molecule has 3 heterocycles. The van der Waals surface area contributed by atoms with Gasteiger partial charge in [-0.1, -0.05) is 0 Å². The van der Waals surface area contributed by atoms with E-state index >= 15 is 0 Å². The number of hydrogen-bond donors (Lipinski definition) is 0. The molecule has 3 atom stereocenters. The summed E-state index contributed by atoms with van der Waals surface area (Å²) >= 11 is 0. The molecule has 0 amide bonds. The first-order valence-electron chi connectivity index (χ1n) is 13.1. The summed E-state index contributed by atoms with van der Waals surface area (Å²) in [6.45, 7) is 5.50. The standard InChI is InChI=1S/C28H35F2N3O3S/c1-19-13-20(8-12-36-19)26(21-14-22(29)16-23(30)15-21)7-11-32-9-5-24(6-10-32)33-18-31-27-17-25(37(2,34)35)3-4-28(27)33/h3-4,14-20,24,26H,5-13H2,1-2H3/t19-,20?,26+/m0/s1. The van der Waals surface area contributed by atoms with Crippen molar-refractivity contribution in [2.24, 2.45) is 5.92 Å². The number of nitrogens with zero attached hydrogens (tertiary/aromatic N) is 3. The quantitative estimate of drug-likeness (QED) is 0.412. The van der Waals surface area contributed by atoms with Gasteiger partial charge in [-0.3, -0.25) is 0 Å². The smallest absolute Gasteiger partial charge is 0.175 e. The van der Waals surface area contributed by atoms with Gasteiger partial charge in [0.1, 0.15) is 11.6 Å². The van der Waals surface area contributed by atoms with Gasteiger partial charge >= 0.3 is 0 Å². The Bertz CT molecular complexity index is 1330. The van der Waals surface area contributed by atoms with Crippen LogP contribution >= 0.6 is 0 Å². The number of imidazole rings is 1. The molecule has 0 bridgehead atoms. The zero-order valence-corrected chi connectivity index (χ0v) is 22.3.